The van der Waals surface area contributed by atoms with Gasteiger partial charge in [0.05, 0.1) is 35.2 Å². The van der Waals surface area contributed by atoms with Gasteiger partial charge in [-0.25, -0.2) is 19.2 Å². The summed E-state index contributed by atoms with van der Waals surface area (Å²) in [6.07, 6.45) is -10.7. The van der Waals surface area contributed by atoms with Crippen LogP contribution in [0.3, 0.4) is 0 Å². The SMILES string of the molecule is CC(=O)O[C@H]1C(=O)[C@@]2(C)[C@H]([C@H](OC(=O)c3ccccc3)[C@]3(O)C[C@H](OC(=O)[C@H](OC(=O)c4ccccc4)[C@@H](NC(=O)O[C@H]4/C=C/CC[C@@](C)(C(=O)NCCC(P(=O)(O)O)P(=O)(O)O)CC4)c4ccccc4)C(C)=C1C3(C)C)C1(OC(C)=O)CO[C@@H]1C[C@@H]2O. The quantitative estimate of drug-likeness (QED) is 0.0333. The van der Waals surface area contributed by atoms with Gasteiger partial charge in [-0.2, -0.15) is 0 Å². The fraction of sp³-hybridized carbons (Fsp3) is 0.508. The molecule has 2 saturated carbocycles. The number of ether oxygens (including phenoxy) is 7. The van der Waals surface area contributed by atoms with Crippen molar-refractivity contribution in [1.82, 2.24) is 10.6 Å². The normalized spacial score (nSPS) is 30.2. The van der Waals surface area contributed by atoms with Crippen LogP contribution >= 0.6 is 15.2 Å². The minimum atomic E-state index is -5.26. The molecule has 25 nitrogen and oxygen atoms in total. The first-order chi connectivity index (χ1) is 41.2. The standard InChI is InChI=1S/C61H74N2O23P2/c1-34-41(32-61(73)51(85-53(69)39-23-15-10-16-24-39)49-59(7,42(66)31-43-60(49,33-80-43)86-36(3)65)50(67)47(81-35(2)64)45(34)57(61,4)5)83-54(70)48(84-52(68)38-21-13-9-14-22-38)46(37-19-11-8-12-20-37)63-56(72)82-40-25-17-18-28-58(6,29-26-40)55(71)62-30-27-44(87(74,75)76)88(77,78)79/h8-17,19-25,40-44,46-49,51,66,73H,18,26-33H2,1-7H3,(H,62,71)(H,63,72)(H2,74,75,76)(H2,77,78,79)/b25-17+/t40-,41-,42-,43+,46-,47+,48+,49-,51-,58+,59+,60?,61+/m0/s1. The predicted octanol–water partition coefficient (Wildman–Crippen LogP) is 5.59. The van der Waals surface area contributed by atoms with Gasteiger partial charge in [-0.1, -0.05) is 93.6 Å². The van der Waals surface area contributed by atoms with Crippen molar-refractivity contribution in [1.29, 1.82) is 0 Å². The number of alkyl carbamates (subject to hydrolysis) is 1. The summed E-state index contributed by atoms with van der Waals surface area (Å²) in [5.74, 6) is -8.49. The van der Waals surface area contributed by atoms with Crippen LogP contribution in [0.25, 0.3) is 0 Å². The molecule has 8 rings (SSSR count). The fourth-order valence-electron chi connectivity index (χ4n) is 13.2. The van der Waals surface area contributed by atoms with Crippen LogP contribution in [-0.4, -0.2) is 150 Å². The number of esters is 5. The lowest BCUT2D eigenvalue weighted by Crippen LogP contribution is -2.82. The molecule has 1 heterocycles. The van der Waals surface area contributed by atoms with E-state index in [9.17, 15) is 67.7 Å². The van der Waals surface area contributed by atoms with Crippen LogP contribution in [0.4, 0.5) is 4.79 Å². The molecule has 0 aromatic heterocycles. The van der Waals surface area contributed by atoms with Gasteiger partial charge in [0.15, 0.2) is 22.9 Å². The Kier molecular flexibility index (Phi) is 19.7. The minimum absolute atomic E-state index is 0.00655. The van der Waals surface area contributed by atoms with Gasteiger partial charge >= 0.3 is 51.1 Å². The second-order valence-electron chi connectivity index (χ2n) is 24.1. The zero-order valence-electron chi connectivity index (χ0n) is 49.5. The third kappa shape index (κ3) is 13.3. The molecule has 88 heavy (non-hydrogen) atoms. The highest BCUT2D eigenvalue weighted by Gasteiger charge is 2.78. The molecule has 13 atom stereocenters. The molecule has 2 bridgehead atoms. The highest BCUT2D eigenvalue weighted by Crippen LogP contribution is 2.65. The van der Waals surface area contributed by atoms with Crippen LogP contribution in [0.2, 0.25) is 0 Å². The Morgan fingerprint density at radius 1 is 0.773 bits per heavy atom. The highest BCUT2D eigenvalue weighted by molar-refractivity contribution is 7.70. The van der Waals surface area contributed by atoms with E-state index in [1.807, 2.05) is 0 Å². The molecular formula is C61H74N2O23P2. The maximum atomic E-state index is 15.9. The van der Waals surface area contributed by atoms with Gasteiger partial charge in [0.25, 0.3) is 0 Å². The second-order valence-corrected chi connectivity index (χ2v) is 28.1. The van der Waals surface area contributed by atoms with Gasteiger partial charge in [-0.15, -0.1) is 0 Å². The molecule has 0 spiro atoms. The van der Waals surface area contributed by atoms with Crippen LogP contribution in [-0.2, 0) is 66.3 Å². The average molecular weight is 1270 g/mol. The maximum Gasteiger partial charge on any atom is 0.408 e. The van der Waals surface area contributed by atoms with E-state index in [1.54, 1.807) is 61.5 Å². The summed E-state index contributed by atoms with van der Waals surface area (Å²) in [7, 11) is -10.5. The van der Waals surface area contributed by atoms with E-state index < -0.39 is 176 Å². The Bertz CT molecular complexity index is 3310. The van der Waals surface area contributed by atoms with Crippen molar-refractivity contribution in [3.8, 4) is 0 Å². The first-order valence-electron chi connectivity index (χ1n) is 28.6. The van der Waals surface area contributed by atoms with E-state index in [-0.39, 0.29) is 59.9 Å². The number of rotatable bonds is 18. The van der Waals surface area contributed by atoms with Crippen molar-refractivity contribution >= 4 is 62.8 Å². The Morgan fingerprint density at radius 2 is 1.36 bits per heavy atom. The van der Waals surface area contributed by atoms with Gasteiger partial charge in [0.1, 0.15) is 36.1 Å². The topological polar surface area (TPSA) is 381 Å². The molecule has 3 fully saturated rings. The van der Waals surface area contributed by atoms with Gasteiger partial charge in [0, 0.05) is 44.1 Å². The lowest BCUT2D eigenvalue weighted by Gasteiger charge is -2.67. The Hall–Kier alpha value is -6.92. The van der Waals surface area contributed by atoms with E-state index in [0.29, 0.717) is 0 Å². The van der Waals surface area contributed by atoms with E-state index in [4.69, 9.17) is 33.2 Å². The number of aliphatic hydroxyl groups is 2. The van der Waals surface area contributed by atoms with Crippen molar-refractivity contribution in [3.63, 3.8) is 0 Å². The van der Waals surface area contributed by atoms with Gasteiger partial charge in [-0.3, -0.25) is 28.3 Å². The van der Waals surface area contributed by atoms with Crippen LogP contribution in [0.1, 0.15) is 126 Å². The van der Waals surface area contributed by atoms with Crippen molar-refractivity contribution < 1.29 is 110 Å². The van der Waals surface area contributed by atoms with Crippen LogP contribution in [0.15, 0.2) is 114 Å². The van der Waals surface area contributed by atoms with E-state index in [2.05, 4.69) is 10.6 Å². The number of carbonyl (C=O) groups is 8. The molecule has 1 aliphatic heterocycles. The number of benzene rings is 3. The predicted molar refractivity (Wildman–Crippen MR) is 308 cm³/mol. The third-order valence-electron chi connectivity index (χ3n) is 18.1. The second kappa shape index (κ2) is 25.9. The molecule has 1 unspecified atom stereocenters. The molecule has 27 heteroatoms. The summed E-state index contributed by atoms with van der Waals surface area (Å²) < 4.78 is 66.7. The van der Waals surface area contributed by atoms with Gasteiger partial charge in [-0.05, 0) is 93.0 Å². The summed E-state index contributed by atoms with van der Waals surface area (Å²) in [5, 5.41) is 29.2. The van der Waals surface area contributed by atoms with Gasteiger partial charge < -0.3 is 73.6 Å². The number of carbonyl (C=O) groups excluding carboxylic acids is 8. The number of fused-ring (bicyclic) bond motifs is 5. The highest BCUT2D eigenvalue weighted by atomic mass is 31.2. The lowest BCUT2D eigenvalue weighted by atomic mass is 9.44. The summed E-state index contributed by atoms with van der Waals surface area (Å²) in [4.78, 5) is 153. The first-order valence-corrected chi connectivity index (χ1v) is 32.0. The monoisotopic (exact) mass is 1260 g/mol. The van der Waals surface area contributed by atoms with Crippen molar-refractivity contribution in [2.75, 3.05) is 13.2 Å². The number of amides is 2. The molecule has 0 radical (unpaired) electrons. The number of allylic oxidation sites excluding steroid dienone is 1. The van der Waals surface area contributed by atoms with Crippen LogP contribution < -0.4 is 10.6 Å². The Labute approximate surface area is 507 Å². The minimum Gasteiger partial charge on any atom is -0.455 e. The Morgan fingerprint density at radius 3 is 1.92 bits per heavy atom. The summed E-state index contributed by atoms with van der Waals surface area (Å²) in [6.45, 7) is 8.68. The molecular weight excluding hydrogens is 1190 g/mol. The average Bonchev–Trinajstić information content (AvgIpc) is 0.675. The van der Waals surface area contributed by atoms with Gasteiger partial charge in [0.2, 0.25) is 12.0 Å². The number of hydrogen-bond acceptors (Lipinski definition) is 19. The largest absolute Gasteiger partial charge is 0.455 e. The maximum absolute atomic E-state index is 15.9. The summed E-state index contributed by atoms with van der Waals surface area (Å²) in [6, 6.07) is 21.3. The van der Waals surface area contributed by atoms with E-state index in [1.165, 1.54) is 76.2 Å². The van der Waals surface area contributed by atoms with Crippen LogP contribution in [0, 0.1) is 22.2 Å². The smallest absolute Gasteiger partial charge is 0.408 e. The number of aliphatic hydroxyl groups excluding tert-OH is 1. The third-order valence-corrected chi connectivity index (χ3v) is 22.0. The molecule has 8 N–H and O–H groups in total. The number of nitrogens with one attached hydrogen (secondary N) is 2. The molecule has 476 valence electrons. The lowest BCUT2D eigenvalue weighted by molar-refractivity contribution is -0.346. The molecule has 3 aromatic carbocycles. The van der Waals surface area contributed by atoms with Crippen LogP contribution in [0.5, 0.6) is 0 Å². The Balaban J connectivity index is 1.17. The molecule has 1 saturated heterocycles. The molecule has 5 aliphatic rings. The molecule has 4 aliphatic carbocycles. The first kappa shape index (κ1) is 67.0. The number of Topliss-reactive ketones (excluding diaryl/α,β-unsaturated/α-hetero) is 1. The van der Waals surface area contributed by atoms with Crippen molar-refractivity contribution in [2.24, 2.45) is 22.2 Å². The van der Waals surface area contributed by atoms with E-state index >= 15 is 9.59 Å². The van der Waals surface area contributed by atoms with Crippen molar-refractivity contribution in [2.45, 2.75) is 159 Å². The fourth-order valence-corrected chi connectivity index (χ4v) is 15.7. The van der Waals surface area contributed by atoms with Crippen molar-refractivity contribution in [3.05, 3.63) is 131 Å². The van der Waals surface area contributed by atoms with E-state index in [0.717, 1.165) is 13.8 Å². The molecule has 3 aromatic rings. The zero-order valence-corrected chi connectivity index (χ0v) is 51.3. The zero-order chi connectivity index (χ0) is 64.5. The number of ketones is 1. The number of hydrogen-bond donors (Lipinski definition) is 8. The summed E-state index contributed by atoms with van der Waals surface area (Å²) in [5.41, 5.74) is -9.58. The summed E-state index contributed by atoms with van der Waals surface area (Å²) >= 11 is 0. The molecule has 2 amide bonds.